The molecule has 1 atom stereocenters. The lowest BCUT2D eigenvalue weighted by atomic mass is 10.2. The summed E-state index contributed by atoms with van der Waals surface area (Å²) in [5.41, 5.74) is 0.161. The van der Waals surface area contributed by atoms with Gasteiger partial charge < -0.3 is 4.90 Å². The molecule has 0 fully saturated rings. The Bertz CT molecular complexity index is 656. The molecule has 7 nitrogen and oxygen atoms in total. The standard InChI is InChI=1S/C13H22N4O3S2/c1-5-10(9-21-4)16(3)12(18)11-8-14-17-7-6-15(2)22(19,20)13(11)17/h8,10H,5-7,9H2,1-4H3. The number of sulfonamides is 1. The van der Waals surface area contributed by atoms with Crippen molar-refractivity contribution in [1.82, 2.24) is 19.0 Å². The number of hydrogen-bond acceptors (Lipinski definition) is 5. The van der Waals surface area contributed by atoms with E-state index in [4.69, 9.17) is 0 Å². The molecule has 1 aliphatic heterocycles. The molecule has 0 aliphatic carbocycles. The Labute approximate surface area is 135 Å². The van der Waals surface area contributed by atoms with E-state index in [0.717, 1.165) is 12.2 Å². The fourth-order valence-electron chi connectivity index (χ4n) is 2.51. The third-order valence-electron chi connectivity index (χ3n) is 4.00. The number of carbonyl (C=O) groups excluding carboxylic acids is 1. The van der Waals surface area contributed by atoms with Crippen LogP contribution in [-0.2, 0) is 16.6 Å². The summed E-state index contributed by atoms with van der Waals surface area (Å²) in [6.45, 7) is 2.84. The molecule has 1 amide bonds. The van der Waals surface area contributed by atoms with E-state index < -0.39 is 10.0 Å². The molecule has 9 heteroatoms. The monoisotopic (exact) mass is 346 g/mol. The highest BCUT2D eigenvalue weighted by Crippen LogP contribution is 2.25. The number of rotatable bonds is 5. The van der Waals surface area contributed by atoms with Gasteiger partial charge in [0.1, 0.15) is 0 Å². The molecule has 2 rings (SSSR count). The number of thioether (sulfide) groups is 1. The van der Waals surface area contributed by atoms with Crippen LogP contribution in [0.25, 0.3) is 0 Å². The molecule has 22 heavy (non-hydrogen) atoms. The lowest BCUT2D eigenvalue weighted by molar-refractivity contribution is 0.0738. The Morgan fingerprint density at radius 3 is 2.77 bits per heavy atom. The van der Waals surface area contributed by atoms with Crippen molar-refractivity contribution < 1.29 is 13.2 Å². The van der Waals surface area contributed by atoms with Gasteiger partial charge in [0.05, 0.1) is 18.3 Å². The van der Waals surface area contributed by atoms with E-state index in [1.807, 2.05) is 13.2 Å². The predicted octanol–water partition coefficient (Wildman–Crippen LogP) is 0.731. The zero-order valence-corrected chi connectivity index (χ0v) is 14.9. The maximum atomic E-state index is 12.7. The molecule has 1 aromatic heterocycles. The average molecular weight is 346 g/mol. The van der Waals surface area contributed by atoms with Crippen LogP contribution in [0.1, 0.15) is 23.7 Å². The average Bonchev–Trinajstić information content (AvgIpc) is 2.92. The highest BCUT2D eigenvalue weighted by Gasteiger charge is 2.36. The predicted molar refractivity (Wildman–Crippen MR) is 86.6 cm³/mol. The van der Waals surface area contributed by atoms with Crippen molar-refractivity contribution in [3.05, 3.63) is 11.8 Å². The normalized spacial score (nSPS) is 18.7. The fourth-order valence-corrected chi connectivity index (χ4v) is 4.79. The van der Waals surface area contributed by atoms with Crippen LogP contribution in [0.3, 0.4) is 0 Å². The first-order chi connectivity index (χ1) is 10.3. The van der Waals surface area contributed by atoms with E-state index in [1.165, 1.54) is 22.2 Å². The summed E-state index contributed by atoms with van der Waals surface area (Å²) in [5.74, 6) is 0.524. The maximum Gasteiger partial charge on any atom is 0.260 e. The number of nitrogens with zero attached hydrogens (tertiary/aromatic N) is 4. The SMILES string of the molecule is CCC(CSC)N(C)C(=O)c1cnn2c1S(=O)(=O)N(C)CC2. The van der Waals surface area contributed by atoms with E-state index in [1.54, 1.807) is 23.7 Å². The Morgan fingerprint density at radius 1 is 1.50 bits per heavy atom. The third-order valence-corrected chi connectivity index (χ3v) is 6.64. The minimum absolute atomic E-state index is 0.0112. The number of amides is 1. The van der Waals surface area contributed by atoms with E-state index in [-0.39, 0.29) is 22.5 Å². The maximum absolute atomic E-state index is 12.7. The Morgan fingerprint density at radius 2 is 2.18 bits per heavy atom. The van der Waals surface area contributed by atoms with Crippen LogP contribution >= 0.6 is 11.8 Å². The lowest BCUT2D eigenvalue weighted by Crippen LogP contribution is -2.41. The quantitative estimate of drug-likeness (QED) is 0.786. The summed E-state index contributed by atoms with van der Waals surface area (Å²) >= 11 is 1.67. The van der Waals surface area contributed by atoms with Crippen LogP contribution in [0, 0.1) is 0 Å². The summed E-state index contributed by atoms with van der Waals surface area (Å²) in [6, 6.07) is 0.0714. The Hall–Kier alpha value is -1.06. The smallest absolute Gasteiger partial charge is 0.260 e. The van der Waals surface area contributed by atoms with Crippen LogP contribution in [0.15, 0.2) is 11.2 Å². The molecule has 0 bridgehead atoms. The number of carbonyl (C=O) groups is 1. The molecule has 0 saturated heterocycles. The van der Waals surface area contributed by atoms with Crippen molar-refractivity contribution in [2.24, 2.45) is 0 Å². The van der Waals surface area contributed by atoms with Crippen molar-refractivity contribution in [1.29, 1.82) is 0 Å². The second kappa shape index (κ2) is 6.59. The summed E-state index contributed by atoms with van der Waals surface area (Å²) in [6.07, 6.45) is 4.18. The van der Waals surface area contributed by atoms with Gasteiger partial charge in [0, 0.05) is 32.4 Å². The van der Waals surface area contributed by atoms with E-state index in [2.05, 4.69) is 5.10 Å². The molecular formula is C13H22N4O3S2. The van der Waals surface area contributed by atoms with Crippen molar-refractivity contribution in [2.45, 2.75) is 31.0 Å². The van der Waals surface area contributed by atoms with Gasteiger partial charge in [0.2, 0.25) is 0 Å². The minimum Gasteiger partial charge on any atom is -0.338 e. The minimum atomic E-state index is -3.65. The largest absolute Gasteiger partial charge is 0.338 e. The van der Waals surface area contributed by atoms with Crippen molar-refractivity contribution in [3.8, 4) is 0 Å². The van der Waals surface area contributed by atoms with Gasteiger partial charge in [0.15, 0.2) is 5.03 Å². The van der Waals surface area contributed by atoms with Crippen LogP contribution in [-0.4, -0.2) is 72.0 Å². The summed E-state index contributed by atoms with van der Waals surface area (Å²) in [7, 11) is -0.412. The van der Waals surface area contributed by atoms with Crippen molar-refractivity contribution >= 4 is 27.7 Å². The van der Waals surface area contributed by atoms with Crippen LogP contribution < -0.4 is 0 Å². The molecule has 124 valence electrons. The molecular weight excluding hydrogens is 324 g/mol. The Kier molecular flexibility index (Phi) is 5.18. The zero-order chi connectivity index (χ0) is 16.5. The van der Waals surface area contributed by atoms with Gasteiger partial charge >= 0.3 is 0 Å². The van der Waals surface area contributed by atoms with Crippen LogP contribution in [0.4, 0.5) is 0 Å². The summed E-state index contributed by atoms with van der Waals surface area (Å²) in [4.78, 5) is 14.4. The first-order valence-corrected chi connectivity index (χ1v) is 9.96. The molecule has 0 N–H and O–H groups in total. The van der Waals surface area contributed by atoms with E-state index >= 15 is 0 Å². The highest BCUT2D eigenvalue weighted by molar-refractivity contribution is 7.98. The zero-order valence-electron chi connectivity index (χ0n) is 13.3. The summed E-state index contributed by atoms with van der Waals surface area (Å²) in [5, 5.41) is 4.09. The number of aromatic nitrogens is 2. The fraction of sp³-hybridized carbons (Fsp3) is 0.692. The van der Waals surface area contributed by atoms with Crippen LogP contribution in [0.5, 0.6) is 0 Å². The van der Waals surface area contributed by atoms with Crippen molar-refractivity contribution in [3.63, 3.8) is 0 Å². The van der Waals surface area contributed by atoms with Crippen molar-refractivity contribution in [2.75, 3.05) is 32.6 Å². The number of hydrogen-bond donors (Lipinski definition) is 0. The molecule has 1 unspecified atom stereocenters. The van der Waals surface area contributed by atoms with Gasteiger partial charge in [0.25, 0.3) is 15.9 Å². The van der Waals surface area contributed by atoms with Gasteiger partial charge in [-0.1, -0.05) is 6.92 Å². The highest BCUT2D eigenvalue weighted by atomic mass is 32.2. The van der Waals surface area contributed by atoms with Gasteiger partial charge in [-0.2, -0.15) is 21.2 Å². The Balaban J connectivity index is 2.39. The van der Waals surface area contributed by atoms with Gasteiger partial charge in [-0.3, -0.25) is 9.48 Å². The summed E-state index contributed by atoms with van der Waals surface area (Å²) < 4.78 is 27.6. The molecule has 1 aliphatic rings. The van der Waals surface area contributed by atoms with E-state index in [9.17, 15) is 13.2 Å². The van der Waals surface area contributed by atoms with E-state index in [0.29, 0.717) is 13.1 Å². The molecule has 1 aromatic rings. The third kappa shape index (κ3) is 2.89. The van der Waals surface area contributed by atoms with Gasteiger partial charge in [-0.15, -0.1) is 0 Å². The molecule has 2 heterocycles. The molecule has 0 aromatic carbocycles. The topological polar surface area (TPSA) is 75.5 Å². The molecule has 0 spiro atoms. The van der Waals surface area contributed by atoms with Gasteiger partial charge in [-0.05, 0) is 12.7 Å². The molecule has 0 saturated carbocycles. The molecule has 0 radical (unpaired) electrons. The second-order valence-electron chi connectivity index (χ2n) is 5.35. The lowest BCUT2D eigenvalue weighted by Gasteiger charge is -2.28. The first-order valence-electron chi connectivity index (χ1n) is 7.12. The van der Waals surface area contributed by atoms with Crippen LogP contribution in [0.2, 0.25) is 0 Å². The number of likely N-dealkylation sites (N-methyl/N-ethyl adjacent to an activating group) is 1. The van der Waals surface area contributed by atoms with Gasteiger partial charge in [-0.25, -0.2) is 8.42 Å². The number of fused-ring (bicyclic) bond motifs is 1. The first kappa shape index (κ1) is 17.3. The second-order valence-corrected chi connectivity index (χ2v) is 8.22.